The predicted octanol–water partition coefficient (Wildman–Crippen LogP) is 0.513. The molecule has 3 rings (SSSR count). The zero-order chi connectivity index (χ0) is 19.8. The summed E-state index contributed by atoms with van der Waals surface area (Å²) < 4.78 is 0. The molecule has 0 aliphatic rings. The van der Waals surface area contributed by atoms with Crippen LogP contribution in [0.2, 0.25) is 0 Å². The quantitative estimate of drug-likeness (QED) is 0.449. The van der Waals surface area contributed by atoms with Gasteiger partial charge in [0.05, 0.1) is 12.0 Å². The molecular weight excluding hydrogens is 348 g/mol. The smallest absolute Gasteiger partial charge is 0.276 e. The number of nitrogens with zero attached hydrogens (tertiary/aromatic N) is 1. The lowest BCUT2D eigenvalue weighted by Gasteiger charge is -2.17. The zero-order valence-electron chi connectivity index (χ0n) is 15.1. The van der Waals surface area contributed by atoms with Crippen LogP contribution in [0.1, 0.15) is 37.7 Å². The number of aliphatic hydroxyl groups is 2. The van der Waals surface area contributed by atoms with E-state index in [2.05, 4.69) is 19.9 Å². The minimum Gasteiger partial charge on any atom is -0.505 e. The van der Waals surface area contributed by atoms with E-state index in [4.69, 9.17) is 0 Å². The van der Waals surface area contributed by atoms with Gasteiger partial charge in [-0.3, -0.25) is 9.59 Å². The molecule has 0 saturated heterocycles. The van der Waals surface area contributed by atoms with Crippen molar-refractivity contribution in [1.82, 2.24) is 19.9 Å². The van der Waals surface area contributed by atoms with E-state index in [9.17, 15) is 19.8 Å². The second-order valence-corrected chi connectivity index (χ2v) is 7.10. The molecule has 2 aromatic heterocycles. The highest BCUT2D eigenvalue weighted by Crippen LogP contribution is 2.25. The number of aliphatic hydroxyl groups excluding tert-OH is 2. The van der Waals surface area contributed by atoms with E-state index in [1.807, 2.05) is 20.8 Å². The molecule has 8 nitrogen and oxygen atoms in total. The average Bonchev–Trinajstić information content (AvgIpc) is 3.13. The Kier molecular flexibility index (Phi) is 4.49. The first kappa shape index (κ1) is 18.2. The molecule has 0 unspecified atom stereocenters. The highest BCUT2D eigenvalue weighted by Gasteiger charge is 2.23. The van der Waals surface area contributed by atoms with Gasteiger partial charge in [0.2, 0.25) is 0 Å². The van der Waals surface area contributed by atoms with Crippen LogP contribution in [0.5, 0.6) is 0 Å². The molecule has 0 saturated carbocycles. The van der Waals surface area contributed by atoms with Crippen LogP contribution in [0.25, 0.3) is 11.5 Å². The average molecular weight is 368 g/mol. The van der Waals surface area contributed by atoms with Crippen molar-refractivity contribution in [2.75, 3.05) is 0 Å². The van der Waals surface area contributed by atoms with Gasteiger partial charge in [-0.2, -0.15) is 0 Å². The van der Waals surface area contributed by atoms with E-state index in [1.165, 1.54) is 6.33 Å². The van der Waals surface area contributed by atoms with Crippen LogP contribution < -0.4 is 21.8 Å². The van der Waals surface area contributed by atoms with Crippen molar-refractivity contribution in [3.63, 3.8) is 0 Å². The lowest BCUT2D eigenvalue weighted by atomic mass is 9.90. The number of hydrogen-bond donors (Lipinski definition) is 5. The maximum atomic E-state index is 12.5. The summed E-state index contributed by atoms with van der Waals surface area (Å²) in [6, 6.07) is 8.35. The van der Waals surface area contributed by atoms with E-state index >= 15 is 0 Å². The normalized spacial score (nSPS) is 14.0. The Balaban J connectivity index is 2.29. The molecule has 0 amide bonds. The summed E-state index contributed by atoms with van der Waals surface area (Å²) >= 11 is 0. The summed E-state index contributed by atoms with van der Waals surface area (Å²) in [6.07, 6.45) is 1.40. The number of hydrogen-bond acceptors (Lipinski definition) is 5. The van der Waals surface area contributed by atoms with Gasteiger partial charge in [0.25, 0.3) is 11.1 Å². The number of aromatic amines is 3. The summed E-state index contributed by atoms with van der Waals surface area (Å²) in [5, 5.41) is 20.2. The molecular formula is C19H20N4O4. The Bertz CT molecular complexity index is 1210. The summed E-state index contributed by atoms with van der Waals surface area (Å²) in [7, 11) is 0. The molecule has 0 radical (unpaired) electrons. The van der Waals surface area contributed by atoms with Crippen LogP contribution in [-0.4, -0.2) is 30.1 Å². The first-order chi connectivity index (χ1) is 12.7. The maximum absolute atomic E-state index is 12.5. The van der Waals surface area contributed by atoms with Crippen molar-refractivity contribution in [2.45, 2.75) is 26.2 Å². The summed E-state index contributed by atoms with van der Waals surface area (Å²) in [5.41, 5.74) is -0.706. The highest BCUT2D eigenvalue weighted by atomic mass is 16.3. The van der Waals surface area contributed by atoms with Crippen LogP contribution in [-0.2, 0) is 5.41 Å². The van der Waals surface area contributed by atoms with Crippen molar-refractivity contribution in [3.8, 4) is 0 Å². The topological polar surface area (TPSA) is 135 Å². The van der Waals surface area contributed by atoms with E-state index in [0.717, 1.165) is 0 Å². The third-order valence-corrected chi connectivity index (χ3v) is 4.07. The molecule has 0 spiro atoms. The third kappa shape index (κ3) is 3.41. The molecule has 0 bridgehead atoms. The fourth-order valence-corrected chi connectivity index (χ4v) is 2.70. The summed E-state index contributed by atoms with van der Waals surface area (Å²) in [5.74, 6) is -0.819. The fourth-order valence-electron chi connectivity index (χ4n) is 2.70. The molecule has 27 heavy (non-hydrogen) atoms. The van der Waals surface area contributed by atoms with Gasteiger partial charge in [-0.15, -0.1) is 0 Å². The third-order valence-electron chi connectivity index (χ3n) is 4.07. The Morgan fingerprint density at radius 3 is 2.04 bits per heavy atom. The Morgan fingerprint density at radius 2 is 1.48 bits per heavy atom. The molecule has 1 aromatic carbocycles. The molecule has 3 aromatic rings. The van der Waals surface area contributed by atoms with Crippen molar-refractivity contribution in [1.29, 1.82) is 0 Å². The molecule has 0 atom stereocenters. The lowest BCUT2D eigenvalue weighted by Crippen LogP contribution is -2.49. The maximum Gasteiger partial charge on any atom is 0.276 e. The fraction of sp³-hybridized carbons (Fsp3) is 0.211. The van der Waals surface area contributed by atoms with Gasteiger partial charge in [0, 0.05) is 11.0 Å². The molecule has 0 fully saturated rings. The van der Waals surface area contributed by atoms with Gasteiger partial charge >= 0.3 is 0 Å². The van der Waals surface area contributed by atoms with Gasteiger partial charge < -0.3 is 25.2 Å². The van der Waals surface area contributed by atoms with Gasteiger partial charge in [-0.1, -0.05) is 51.1 Å². The largest absolute Gasteiger partial charge is 0.505 e. The van der Waals surface area contributed by atoms with E-state index in [0.29, 0.717) is 11.3 Å². The minimum absolute atomic E-state index is 0.174. The Hall–Kier alpha value is -3.55. The number of rotatable bonds is 2. The Morgan fingerprint density at radius 1 is 0.926 bits per heavy atom. The molecule has 0 aliphatic heterocycles. The van der Waals surface area contributed by atoms with E-state index in [1.54, 1.807) is 30.3 Å². The highest BCUT2D eigenvalue weighted by molar-refractivity contribution is 5.58. The second-order valence-electron chi connectivity index (χ2n) is 7.10. The van der Waals surface area contributed by atoms with Crippen LogP contribution in [0.3, 0.4) is 0 Å². The van der Waals surface area contributed by atoms with Crippen molar-refractivity contribution < 1.29 is 10.2 Å². The molecule has 2 heterocycles. The van der Waals surface area contributed by atoms with Crippen molar-refractivity contribution in [2.24, 2.45) is 0 Å². The molecule has 140 valence electrons. The number of nitrogens with one attached hydrogen (secondary N) is 3. The summed E-state index contributed by atoms with van der Waals surface area (Å²) in [4.78, 5) is 36.5. The van der Waals surface area contributed by atoms with Gasteiger partial charge in [0.1, 0.15) is 5.69 Å². The predicted molar refractivity (Wildman–Crippen MR) is 101 cm³/mol. The van der Waals surface area contributed by atoms with Crippen LogP contribution in [0.4, 0.5) is 0 Å². The van der Waals surface area contributed by atoms with Crippen LogP contribution in [0.15, 0.2) is 46.2 Å². The molecule has 0 aliphatic carbocycles. The van der Waals surface area contributed by atoms with Crippen molar-refractivity contribution in [3.05, 3.63) is 85.0 Å². The summed E-state index contributed by atoms with van der Waals surface area (Å²) in [6.45, 7) is 5.75. The standard InChI is InChI=1S/C19H20N4O4/c1-19(2,3)16-11(20-9-21-16)15(25)13-18(27)22-12(17(26)23-13)14(24)10-7-5-4-6-8-10/h4-9,24-25H,1-3H3,(H,20,21)(H,22,27)(H,23,26)/b14-12+,15-13+. The first-order valence-electron chi connectivity index (χ1n) is 8.29. The lowest BCUT2D eigenvalue weighted by molar-refractivity contribution is 0.491. The first-order valence-corrected chi connectivity index (χ1v) is 8.29. The van der Waals surface area contributed by atoms with E-state index in [-0.39, 0.29) is 27.6 Å². The second kappa shape index (κ2) is 6.64. The van der Waals surface area contributed by atoms with Gasteiger partial charge in [-0.25, -0.2) is 4.98 Å². The minimum atomic E-state index is -0.757. The van der Waals surface area contributed by atoms with Gasteiger partial charge in [-0.05, 0) is 0 Å². The zero-order valence-corrected chi connectivity index (χ0v) is 15.1. The number of benzene rings is 1. The van der Waals surface area contributed by atoms with Gasteiger partial charge in [0.15, 0.2) is 22.2 Å². The Labute approximate surface area is 153 Å². The monoisotopic (exact) mass is 368 g/mol. The van der Waals surface area contributed by atoms with Crippen LogP contribution >= 0.6 is 0 Å². The number of aromatic nitrogens is 4. The van der Waals surface area contributed by atoms with Crippen LogP contribution in [0, 0.1) is 0 Å². The van der Waals surface area contributed by atoms with Crippen molar-refractivity contribution >= 4 is 11.5 Å². The SMILES string of the molecule is CC(C)(C)c1[nH]cnc1/C(O)=c1\[nH]c(=O)/c(=C(\O)c2ccccc2)[nH]c1=O. The number of imidazole rings is 1. The molecule has 5 N–H and O–H groups in total. The number of H-pyrrole nitrogens is 3. The molecule has 8 heteroatoms. The van der Waals surface area contributed by atoms with E-state index < -0.39 is 16.9 Å².